The van der Waals surface area contributed by atoms with Gasteiger partial charge in [0.15, 0.2) is 0 Å². The Morgan fingerprint density at radius 3 is 2.78 bits per heavy atom. The second kappa shape index (κ2) is 6.46. The summed E-state index contributed by atoms with van der Waals surface area (Å²) >= 11 is 6.04. The normalized spacial score (nSPS) is 12.2. The van der Waals surface area contributed by atoms with Crippen molar-refractivity contribution in [2.75, 3.05) is 5.32 Å². The molecule has 0 saturated heterocycles. The Labute approximate surface area is 112 Å². The van der Waals surface area contributed by atoms with Gasteiger partial charge in [-0.15, -0.1) is 6.42 Å². The molecule has 1 heterocycles. The molecule has 1 unspecified atom stereocenters. The molecule has 18 heavy (non-hydrogen) atoms. The number of anilines is 1. The fourth-order valence-corrected chi connectivity index (χ4v) is 1.69. The highest BCUT2D eigenvalue weighted by Crippen LogP contribution is 2.17. The Balaban J connectivity index is 3.02. The number of nitrogens with zero attached hydrogens (tertiary/aromatic N) is 2. The fourth-order valence-electron chi connectivity index (χ4n) is 1.49. The predicted octanol–water partition coefficient (Wildman–Crippen LogP) is 2.38. The average molecular weight is 268 g/mol. The van der Waals surface area contributed by atoms with Gasteiger partial charge in [-0.1, -0.05) is 38.3 Å². The molecular formula is C13H18ClN3O. The zero-order chi connectivity index (χ0) is 13.7. The van der Waals surface area contributed by atoms with Crippen molar-refractivity contribution in [3.8, 4) is 12.3 Å². The lowest BCUT2D eigenvalue weighted by atomic mass is 10.2. The summed E-state index contributed by atoms with van der Waals surface area (Å²) in [5, 5.41) is 7.25. The molecule has 1 aromatic rings. The molecule has 1 aromatic heterocycles. The van der Waals surface area contributed by atoms with E-state index in [0.29, 0.717) is 18.2 Å². The van der Waals surface area contributed by atoms with Crippen LogP contribution in [0.2, 0.25) is 5.02 Å². The molecular weight excluding hydrogens is 250 g/mol. The molecule has 0 aliphatic heterocycles. The Hall–Kier alpha value is -1.47. The molecule has 0 fully saturated rings. The van der Waals surface area contributed by atoms with E-state index in [1.54, 1.807) is 6.20 Å². The molecule has 0 radical (unpaired) electrons. The van der Waals surface area contributed by atoms with Gasteiger partial charge in [-0.2, -0.15) is 5.10 Å². The SMILES string of the molecule is C#CC(CC)Nc1cnn(CC(C)C)c(=O)c1Cl. The Morgan fingerprint density at radius 2 is 2.28 bits per heavy atom. The summed E-state index contributed by atoms with van der Waals surface area (Å²) in [4.78, 5) is 12.0. The first kappa shape index (κ1) is 14.6. The second-order valence-corrected chi connectivity index (χ2v) is 4.90. The Kier molecular flexibility index (Phi) is 5.24. The lowest BCUT2D eigenvalue weighted by Gasteiger charge is -2.14. The van der Waals surface area contributed by atoms with Crippen molar-refractivity contribution in [3.05, 3.63) is 21.6 Å². The standard InChI is InChI=1S/C13H18ClN3O/c1-5-10(6-2)16-11-7-15-17(8-9(3)4)13(18)12(11)14/h1,7,9-10,16H,6,8H2,2-4H3. The maximum absolute atomic E-state index is 12.0. The first-order chi connectivity index (χ1) is 8.49. The minimum atomic E-state index is -0.290. The molecule has 0 aliphatic rings. The molecule has 1 atom stereocenters. The lowest BCUT2D eigenvalue weighted by molar-refractivity contribution is 0.464. The molecule has 0 amide bonds. The van der Waals surface area contributed by atoms with E-state index in [-0.39, 0.29) is 16.6 Å². The van der Waals surface area contributed by atoms with E-state index in [4.69, 9.17) is 18.0 Å². The summed E-state index contributed by atoms with van der Waals surface area (Å²) in [5.74, 6) is 2.92. The summed E-state index contributed by atoms with van der Waals surface area (Å²) in [6.45, 7) is 6.53. The first-order valence-electron chi connectivity index (χ1n) is 5.97. The number of terminal acetylenes is 1. The van der Waals surface area contributed by atoms with Gasteiger partial charge < -0.3 is 5.32 Å². The van der Waals surface area contributed by atoms with E-state index in [0.717, 1.165) is 6.42 Å². The average Bonchev–Trinajstić information content (AvgIpc) is 2.34. The highest BCUT2D eigenvalue weighted by Gasteiger charge is 2.12. The lowest BCUT2D eigenvalue weighted by Crippen LogP contribution is -2.27. The maximum Gasteiger partial charge on any atom is 0.287 e. The van der Waals surface area contributed by atoms with E-state index in [2.05, 4.69) is 16.3 Å². The zero-order valence-corrected chi connectivity index (χ0v) is 11.7. The Bertz CT molecular complexity index is 502. The van der Waals surface area contributed by atoms with Gasteiger partial charge >= 0.3 is 0 Å². The summed E-state index contributed by atoms with van der Waals surface area (Å²) in [7, 11) is 0. The van der Waals surface area contributed by atoms with Crippen molar-refractivity contribution in [2.24, 2.45) is 5.92 Å². The van der Waals surface area contributed by atoms with Crippen molar-refractivity contribution in [1.29, 1.82) is 0 Å². The van der Waals surface area contributed by atoms with E-state index < -0.39 is 0 Å². The molecule has 98 valence electrons. The third kappa shape index (κ3) is 3.51. The van der Waals surface area contributed by atoms with Crippen LogP contribution in [0.3, 0.4) is 0 Å². The van der Waals surface area contributed by atoms with Gasteiger partial charge in [0.2, 0.25) is 0 Å². The molecule has 5 heteroatoms. The topological polar surface area (TPSA) is 46.9 Å². The quantitative estimate of drug-likeness (QED) is 0.834. The van der Waals surface area contributed by atoms with E-state index in [9.17, 15) is 4.79 Å². The smallest absolute Gasteiger partial charge is 0.287 e. The minimum Gasteiger partial charge on any atom is -0.369 e. The predicted molar refractivity (Wildman–Crippen MR) is 74.9 cm³/mol. The summed E-state index contributed by atoms with van der Waals surface area (Å²) in [6.07, 6.45) is 7.66. The zero-order valence-electron chi connectivity index (χ0n) is 10.9. The van der Waals surface area contributed by atoms with E-state index in [1.165, 1.54) is 4.68 Å². The summed E-state index contributed by atoms with van der Waals surface area (Å²) in [5.41, 5.74) is 0.203. The number of nitrogens with one attached hydrogen (secondary N) is 1. The van der Waals surface area contributed by atoms with Crippen LogP contribution in [-0.4, -0.2) is 15.8 Å². The number of aromatic nitrogens is 2. The summed E-state index contributed by atoms with van der Waals surface area (Å²) < 4.78 is 1.37. The first-order valence-corrected chi connectivity index (χ1v) is 6.35. The van der Waals surface area contributed by atoms with Gasteiger partial charge in [0.1, 0.15) is 5.02 Å². The van der Waals surface area contributed by atoms with Crippen molar-refractivity contribution in [3.63, 3.8) is 0 Å². The molecule has 1 N–H and O–H groups in total. The van der Waals surface area contributed by atoms with Crippen molar-refractivity contribution in [1.82, 2.24) is 9.78 Å². The highest BCUT2D eigenvalue weighted by atomic mass is 35.5. The van der Waals surface area contributed by atoms with Crippen LogP contribution in [0.15, 0.2) is 11.0 Å². The maximum atomic E-state index is 12.0. The highest BCUT2D eigenvalue weighted by molar-refractivity contribution is 6.32. The minimum absolute atomic E-state index is 0.138. The van der Waals surface area contributed by atoms with Crippen molar-refractivity contribution >= 4 is 17.3 Å². The van der Waals surface area contributed by atoms with Crippen LogP contribution in [0.5, 0.6) is 0 Å². The third-order valence-corrected chi connectivity index (χ3v) is 2.83. The van der Waals surface area contributed by atoms with Crippen molar-refractivity contribution < 1.29 is 0 Å². The van der Waals surface area contributed by atoms with E-state index in [1.807, 2.05) is 20.8 Å². The van der Waals surface area contributed by atoms with E-state index >= 15 is 0 Å². The molecule has 0 aliphatic carbocycles. The van der Waals surface area contributed by atoms with Crippen LogP contribution >= 0.6 is 11.6 Å². The van der Waals surface area contributed by atoms with Crippen LogP contribution in [0.1, 0.15) is 27.2 Å². The molecule has 4 nitrogen and oxygen atoms in total. The van der Waals surface area contributed by atoms with Gasteiger partial charge in [0.05, 0.1) is 17.9 Å². The largest absolute Gasteiger partial charge is 0.369 e. The van der Waals surface area contributed by atoms with Crippen LogP contribution in [-0.2, 0) is 6.54 Å². The molecule has 0 saturated carbocycles. The van der Waals surface area contributed by atoms with Gasteiger partial charge in [-0.05, 0) is 12.3 Å². The van der Waals surface area contributed by atoms with Crippen molar-refractivity contribution in [2.45, 2.75) is 39.8 Å². The van der Waals surface area contributed by atoms with Crippen LogP contribution in [0.4, 0.5) is 5.69 Å². The third-order valence-electron chi connectivity index (χ3n) is 2.46. The fraction of sp³-hybridized carbons (Fsp3) is 0.538. The molecule has 0 spiro atoms. The second-order valence-electron chi connectivity index (χ2n) is 4.53. The van der Waals surface area contributed by atoms with Crippen LogP contribution in [0, 0.1) is 18.3 Å². The number of hydrogen-bond acceptors (Lipinski definition) is 3. The monoisotopic (exact) mass is 267 g/mol. The molecule has 0 aromatic carbocycles. The molecule has 0 bridgehead atoms. The Morgan fingerprint density at radius 1 is 1.61 bits per heavy atom. The van der Waals surface area contributed by atoms with Gasteiger partial charge in [-0.3, -0.25) is 4.79 Å². The van der Waals surface area contributed by atoms with Crippen LogP contribution < -0.4 is 10.9 Å². The number of rotatable bonds is 5. The number of hydrogen-bond donors (Lipinski definition) is 1. The van der Waals surface area contributed by atoms with Gasteiger partial charge in [0, 0.05) is 6.54 Å². The molecule has 1 rings (SSSR count). The van der Waals surface area contributed by atoms with Gasteiger partial charge in [0.25, 0.3) is 5.56 Å². The van der Waals surface area contributed by atoms with Gasteiger partial charge in [-0.25, -0.2) is 4.68 Å². The van der Waals surface area contributed by atoms with Crippen LogP contribution in [0.25, 0.3) is 0 Å². The summed E-state index contributed by atoms with van der Waals surface area (Å²) in [6, 6.07) is -0.148. The number of halogens is 1.